The summed E-state index contributed by atoms with van der Waals surface area (Å²) >= 11 is 6.70. The van der Waals surface area contributed by atoms with Gasteiger partial charge in [-0.2, -0.15) is 0 Å². The Kier molecular flexibility index (Phi) is 6.03. The molecule has 0 saturated carbocycles. The van der Waals surface area contributed by atoms with E-state index in [4.69, 9.17) is 26.4 Å². The van der Waals surface area contributed by atoms with E-state index in [1.54, 1.807) is 32.4 Å². The molecule has 27 heavy (non-hydrogen) atoms. The van der Waals surface area contributed by atoms with Crippen molar-refractivity contribution in [3.8, 4) is 17.2 Å². The lowest BCUT2D eigenvalue weighted by Crippen LogP contribution is -2.27. The number of amides is 1. The maximum Gasteiger partial charge on any atom is 0.270 e. The fraction of sp³-hybridized carbons (Fsp3) is 0.200. The van der Waals surface area contributed by atoms with Gasteiger partial charge in [-0.05, 0) is 42.8 Å². The van der Waals surface area contributed by atoms with Crippen molar-refractivity contribution in [2.75, 3.05) is 25.7 Å². The quantitative estimate of drug-likeness (QED) is 0.524. The van der Waals surface area contributed by atoms with E-state index in [0.29, 0.717) is 33.0 Å². The molecule has 2 aromatic rings. The summed E-state index contributed by atoms with van der Waals surface area (Å²) in [6, 6.07) is 12.8. The Morgan fingerprint density at radius 1 is 1.07 bits per heavy atom. The van der Waals surface area contributed by atoms with Gasteiger partial charge >= 0.3 is 0 Å². The fourth-order valence-corrected chi connectivity index (χ4v) is 3.91. The highest BCUT2D eigenvalue weighted by Crippen LogP contribution is 2.41. The Morgan fingerprint density at radius 3 is 2.41 bits per heavy atom. The number of methoxy groups -OCH3 is 2. The number of anilines is 1. The number of benzene rings is 2. The first kappa shape index (κ1) is 19.3. The topological polar surface area (TPSA) is 48.0 Å². The second kappa shape index (κ2) is 8.45. The van der Waals surface area contributed by atoms with Crippen LogP contribution in [-0.4, -0.2) is 31.1 Å². The molecule has 1 aliphatic rings. The first-order valence-electron chi connectivity index (χ1n) is 8.30. The Morgan fingerprint density at radius 2 is 1.78 bits per heavy atom. The normalized spacial score (nSPS) is 15.4. The van der Waals surface area contributed by atoms with Gasteiger partial charge in [0.25, 0.3) is 5.91 Å². The molecule has 1 heterocycles. The minimum Gasteiger partial charge on any atom is -0.497 e. The molecular formula is C20H19NO4S2. The summed E-state index contributed by atoms with van der Waals surface area (Å²) in [7, 11) is 3.12. The highest BCUT2D eigenvalue weighted by molar-refractivity contribution is 8.27. The fourth-order valence-electron chi connectivity index (χ4n) is 2.62. The molecule has 140 valence electrons. The number of hydrogen-bond donors (Lipinski definition) is 0. The van der Waals surface area contributed by atoms with E-state index in [-0.39, 0.29) is 5.91 Å². The summed E-state index contributed by atoms with van der Waals surface area (Å²) in [5.41, 5.74) is 1.50. The van der Waals surface area contributed by atoms with Crippen molar-refractivity contribution in [2.45, 2.75) is 6.92 Å². The van der Waals surface area contributed by atoms with Crippen molar-refractivity contribution in [1.29, 1.82) is 0 Å². The molecule has 2 aromatic carbocycles. The predicted octanol–water partition coefficient (Wildman–Crippen LogP) is 4.51. The zero-order valence-corrected chi connectivity index (χ0v) is 16.9. The third-order valence-electron chi connectivity index (χ3n) is 3.91. The molecule has 0 N–H and O–H groups in total. The van der Waals surface area contributed by atoms with Gasteiger partial charge in [-0.25, -0.2) is 0 Å². The van der Waals surface area contributed by atoms with E-state index in [2.05, 4.69) is 0 Å². The molecule has 0 bridgehead atoms. The number of carbonyl (C=O) groups excluding carboxylic acids is 1. The van der Waals surface area contributed by atoms with Crippen molar-refractivity contribution in [3.63, 3.8) is 0 Å². The molecule has 0 aliphatic carbocycles. The number of rotatable bonds is 6. The summed E-state index contributed by atoms with van der Waals surface area (Å²) in [5.74, 6) is 1.78. The maximum atomic E-state index is 13.0. The zero-order valence-electron chi connectivity index (χ0n) is 15.2. The van der Waals surface area contributed by atoms with Crippen LogP contribution in [-0.2, 0) is 4.79 Å². The SMILES string of the molecule is CCOc1ccc(/C=C2\SC(=S)N(c3ccc(OC)cc3OC)C2=O)cc1. The van der Waals surface area contributed by atoms with Gasteiger partial charge in [0.2, 0.25) is 0 Å². The van der Waals surface area contributed by atoms with Crippen molar-refractivity contribution in [2.24, 2.45) is 0 Å². The van der Waals surface area contributed by atoms with Gasteiger partial charge in [0.05, 0.1) is 31.4 Å². The number of nitrogens with zero attached hydrogens (tertiary/aromatic N) is 1. The maximum absolute atomic E-state index is 13.0. The average Bonchev–Trinajstić information content (AvgIpc) is 2.96. The zero-order chi connectivity index (χ0) is 19.4. The van der Waals surface area contributed by atoms with Gasteiger partial charge in [0, 0.05) is 6.07 Å². The van der Waals surface area contributed by atoms with Gasteiger partial charge in [-0.3, -0.25) is 9.69 Å². The Hall–Kier alpha value is -2.51. The minimum atomic E-state index is -0.178. The Bertz CT molecular complexity index is 893. The lowest BCUT2D eigenvalue weighted by Gasteiger charge is -2.18. The number of thiocarbonyl (C=S) groups is 1. The summed E-state index contributed by atoms with van der Waals surface area (Å²) in [6.45, 7) is 2.55. The van der Waals surface area contributed by atoms with Crippen molar-refractivity contribution < 1.29 is 19.0 Å². The van der Waals surface area contributed by atoms with E-state index in [0.717, 1.165) is 11.3 Å². The van der Waals surface area contributed by atoms with Gasteiger partial charge < -0.3 is 14.2 Å². The number of carbonyl (C=O) groups is 1. The monoisotopic (exact) mass is 401 g/mol. The molecule has 1 amide bonds. The van der Waals surface area contributed by atoms with Crippen LogP contribution in [0.2, 0.25) is 0 Å². The number of hydrogen-bond acceptors (Lipinski definition) is 6. The van der Waals surface area contributed by atoms with Crippen molar-refractivity contribution in [1.82, 2.24) is 0 Å². The molecule has 0 radical (unpaired) electrons. The van der Waals surface area contributed by atoms with E-state index in [1.165, 1.54) is 16.7 Å². The smallest absolute Gasteiger partial charge is 0.270 e. The Labute approximate surface area is 167 Å². The van der Waals surface area contributed by atoms with Crippen LogP contribution in [0, 0.1) is 0 Å². The molecular weight excluding hydrogens is 382 g/mol. The summed E-state index contributed by atoms with van der Waals surface area (Å²) < 4.78 is 16.5. The molecule has 0 atom stereocenters. The third-order valence-corrected chi connectivity index (χ3v) is 5.21. The second-order valence-electron chi connectivity index (χ2n) is 5.56. The highest BCUT2D eigenvalue weighted by atomic mass is 32.2. The largest absolute Gasteiger partial charge is 0.497 e. The molecule has 0 aromatic heterocycles. The average molecular weight is 402 g/mol. The standard InChI is InChI=1S/C20H19NO4S2/c1-4-25-14-7-5-13(6-8-14)11-18-19(22)21(20(26)27-18)16-10-9-15(23-2)12-17(16)24-3/h5-12H,4H2,1-3H3/b18-11-. The van der Waals surface area contributed by atoms with Gasteiger partial charge in [-0.1, -0.05) is 36.1 Å². The van der Waals surface area contributed by atoms with E-state index >= 15 is 0 Å². The first-order chi connectivity index (χ1) is 13.1. The lowest BCUT2D eigenvalue weighted by atomic mass is 10.2. The van der Waals surface area contributed by atoms with Crippen LogP contribution in [0.25, 0.3) is 6.08 Å². The minimum absolute atomic E-state index is 0.178. The van der Waals surface area contributed by atoms with E-state index in [9.17, 15) is 4.79 Å². The summed E-state index contributed by atoms with van der Waals surface area (Å²) in [5, 5.41) is 0. The molecule has 7 heteroatoms. The van der Waals surface area contributed by atoms with Crippen LogP contribution in [0.15, 0.2) is 47.4 Å². The molecule has 0 spiro atoms. The van der Waals surface area contributed by atoms with Gasteiger partial charge in [0.15, 0.2) is 4.32 Å². The van der Waals surface area contributed by atoms with Crippen LogP contribution in [0.4, 0.5) is 5.69 Å². The van der Waals surface area contributed by atoms with Crippen LogP contribution in [0.5, 0.6) is 17.2 Å². The second-order valence-corrected chi connectivity index (χ2v) is 7.23. The third kappa shape index (κ3) is 4.09. The Balaban J connectivity index is 1.89. The van der Waals surface area contributed by atoms with Gasteiger partial charge in [0.1, 0.15) is 17.2 Å². The molecule has 1 saturated heterocycles. The summed E-state index contributed by atoms with van der Waals surface area (Å²) in [6.07, 6.45) is 1.82. The van der Waals surface area contributed by atoms with E-state index in [1.807, 2.05) is 37.3 Å². The van der Waals surface area contributed by atoms with Crippen LogP contribution >= 0.6 is 24.0 Å². The van der Waals surface area contributed by atoms with E-state index < -0.39 is 0 Å². The molecule has 5 nitrogen and oxygen atoms in total. The molecule has 0 unspecified atom stereocenters. The first-order valence-corrected chi connectivity index (χ1v) is 9.52. The predicted molar refractivity (Wildman–Crippen MR) is 113 cm³/mol. The molecule has 3 rings (SSSR count). The van der Waals surface area contributed by atoms with Crippen LogP contribution in [0.1, 0.15) is 12.5 Å². The van der Waals surface area contributed by atoms with Crippen molar-refractivity contribution >= 4 is 46.0 Å². The highest BCUT2D eigenvalue weighted by Gasteiger charge is 2.35. The van der Waals surface area contributed by atoms with Gasteiger partial charge in [-0.15, -0.1) is 0 Å². The van der Waals surface area contributed by atoms with Crippen LogP contribution < -0.4 is 19.1 Å². The lowest BCUT2D eigenvalue weighted by molar-refractivity contribution is -0.113. The molecule has 1 fully saturated rings. The summed E-state index contributed by atoms with van der Waals surface area (Å²) in [4.78, 5) is 15.0. The number of thioether (sulfide) groups is 1. The van der Waals surface area contributed by atoms with Crippen molar-refractivity contribution in [3.05, 3.63) is 52.9 Å². The number of ether oxygens (including phenoxy) is 3. The van der Waals surface area contributed by atoms with Crippen LogP contribution in [0.3, 0.4) is 0 Å². The molecule has 1 aliphatic heterocycles.